The molecule has 0 aliphatic carbocycles. The molecule has 2 rings (SSSR count). The van der Waals surface area contributed by atoms with Gasteiger partial charge in [-0.2, -0.15) is 10.2 Å². The van der Waals surface area contributed by atoms with E-state index in [1.807, 2.05) is 10.9 Å². The molecule has 2 aromatic heterocycles. The van der Waals surface area contributed by atoms with Gasteiger partial charge < -0.3 is 5.32 Å². The second kappa shape index (κ2) is 6.22. The van der Waals surface area contributed by atoms with Gasteiger partial charge >= 0.3 is 0 Å². The fourth-order valence-electron chi connectivity index (χ4n) is 2.23. The van der Waals surface area contributed by atoms with E-state index in [1.165, 1.54) is 11.3 Å². The van der Waals surface area contributed by atoms with Crippen LogP contribution in [0, 0.1) is 6.92 Å². The van der Waals surface area contributed by atoms with E-state index in [2.05, 4.69) is 67.1 Å². The summed E-state index contributed by atoms with van der Waals surface area (Å²) in [6.07, 6.45) is 3.99. The van der Waals surface area contributed by atoms with Crippen LogP contribution in [-0.4, -0.2) is 19.6 Å². The lowest BCUT2D eigenvalue weighted by Gasteiger charge is -2.11. The van der Waals surface area contributed by atoms with Gasteiger partial charge in [0.2, 0.25) is 0 Å². The third-order valence-electron chi connectivity index (χ3n) is 3.41. The summed E-state index contributed by atoms with van der Waals surface area (Å²) in [6.45, 7) is 12.3. The molecule has 0 aromatic carbocycles. The van der Waals surface area contributed by atoms with Crippen molar-refractivity contribution in [2.75, 3.05) is 0 Å². The van der Waals surface area contributed by atoms with E-state index in [0.29, 0.717) is 12.1 Å². The zero-order chi connectivity index (χ0) is 14.7. The highest BCUT2D eigenvalue weighted by Crippen LogP contribution is 2.11. The van der Waals surface area contributed by atoms with Crippen LogP contribution in [0.25, 0.3) is 0 Å². The normalized spacial score (nSPS) is 11.8. The van der Waals surface area contributed by atoms with Gasteiger partial charge in [-0.3, -0.25) is 9.36 Å². The van der Waals surface area contributed by atoms with Crippen LogP contribution in [0.3, 0.4) is 0 Å². The van der Waals surface area contributed by atoms with Crippen LogP contribution in [0.4, 0.5) is 0 Å². The van der Waals surface area contributed by atoms with E-state index in [0.717, 1.165) is 18.8 Å². The maximum atomic E-state index is 4.53. The Hall–Kier alpha value is -1.62. The molecule has 0 unspecified atom stereocenters. The fourth-order valence-corrected chi connectivity index (χ4v) is 2.23. The average Bonchev–Trinajstić information content (AvgIpc) is 2.97. The van der Waals surface area contributed by atoms with Gasteiger partial charge in [-0.05, 0) is 40.7 Å². The Morgan fingerprint density at radius 2 is 1.90 bits per heavy atom. The zero-order valence-corrected chi connectivity index (χ0v) is 13.1. The van der Waals surface area contributed by atoms with Crippen LogP contribution >= 0.6 is 0 Å². The molecule has 0 fully saturated rings. The molecule has 0 saturated carbocycles. The van der Waals surface area contributed by atoms with E-state index in [4.69, 9.17) is 0 Å². The lowest BCUT2D eigenvalue weighted by molar-refractivity contribution is 0.495. The summed E-state index contributed by atoms with van der Waals surface area (Å²) in [5, 5.41) is 12.4. The Labute approximate surface area is 121 Å². The number of aryl methyl sites for hydroxylation is 1. The van der Waals surface area contributed by atoms with Crippen molar-refractivity contribution < 1.29 is 0 Å². The number of hydrogen-bond acceptors (Lipinski definition) is 3. The van der Waals surface area contributed by atoms with E-state index in [1.54, 1.807) is 0 Å². The summed E-state index contributed by atoms with van der Waals surface area (Å²) >= 11 is 0. The first kappa shape index (κ1) is 14.8. The van der Waals surface area contributed by atoms with E-state index >= 15 is 0 Å². The first-order valence-corrected chi connectivity index (χ1v) is 7.26. The molecule has 0 spiro atoms. The Balaban J connectivity index is 1.94. The molecule has 5 nitrogen and oxygen atoms in total. The lowest BCUT2D eigenvalue weighted by atomic mass is 10.2. The van der Waals surface area contributed by atoms with Gasteiger partial charge in [0.05, 0.1) is 11.4 Å². The predicted molar refractivity (Wildman–Crippen MR) is 80.5 cm³/mol. The minimum atomic E-state index is 0.396. The first-order valence-electron chi connectivity index (χ1n) is 7.26. The van der Waals surface area contributed by atoms with Gasteiger partial charge in [0.1, 0.15) is 0 Å². The highest BCUT2D eigenvalue weighted by molar-refractivity contribution is 5.15. The molecule has 20 heavy (non-hydrogen) atoms. The maximum absolute atomic E-state index is 4.53. The molecule has 5 heteroatoms. The average molecular weight is 275 g/mol. The standard InChI is InChI=1S/C15H25N5/c1-11(2)19-10-14(13(5)18-19)8-16-9-15-6-7-17-20(15)12(3)4/h6-7,10-12,16H,8-9H2,1-5H3. The van der Waals surface area contributed by atoms with E-state index < -0.39 is 0 Å². The van der Waals surface area contributed by atoms with Gasteiger partial charge in [-0.1, -0.05) is 0 Å². The van der Waals surface area contributed by atoms with Crippen molar-refractivity contribution in [1.29, 1.82) is 0 Å². The summed E-state index contributed by atoms with van der Waals surface area (Å²) in [7, 11) is 0. The zero-order valence-electron chi connectivity index (χ0n) is 13.1. The van der Waals surface area contributed by atoms with Crippen molar-refractivity contribution >= 4 is 0 Å². The third-order valence-corrected chi connectivity index (χ3v) is 3.41. The fraction of sp³-hybridized carbons (Fsp3) is 0.600. The number of aromatic nitrogens is 4. The van der Waals surface area contributed by atoms with Gasteiger partial charge in [-0.25, -0.2) is 0 Å². The minimum Gasteiger partial charge on any atom is -0.307 e. The van der Waals surface area contributed by atoms with Crippen LogP contribution in [0.5, 0.6) is 0 Å². The SMILES string of the molecule is Cc1nn(C(C)C)cc1CNCc1ccnn1C(C)C. The van der Waals surface area contributed by atoms with Crippen molar-refractivity contribution in [3.8, 4) is 0 Å². The van der Waals surface area contributed by atoms with Gasteiger partial charge in [0.15, 0.2) is 0 Å². The summed E-state index contributed by atoms with van der Waals surface area (Å²) in [6, 6.07) is 2.87. The second-order valence-electron chi connectivity index (χ2n) is 5.78. The summed E-state index contributed by atoms with van der Waals surface area (Å²) < 4.78 is 4.07. The van der Waals surface area contributed by atoms with E-state index in [-0.39, 0.29) is 0 Å². The Morgan fingerprint density at radius 1 is 1.15 bits per heavy atom. The minimum absolute atomic E-state index is 0.396. The van der Waals surface area contributed by atoms with Crippen molar-refractivity contribution in [2.24, 2.45) is 0 Å². The van der Waals surface area contributed by atoms with Gasteiger partial charge in [0, 0.05) is 43.1 Å². The molecule has 2 aromatic rings. The van der Waals surface area contributed by atoms with Gasteiger partial charge in [0.25, 0.3) is 0 Å². The predicted octanol–water partition coefficient (Wildman–Crippen LogP) is 2.84. The quantitative estimate of drug-likeness (QED) is 0.882. The molecule has 2 heterocycles. The summed E-state index contributed by atoms with van der Waals surface area (Å²) in [4.78, 5) is 0. The van der Waals surface area contributed by atoms with Crippen molar-refractivity contribution in [1.82, 2.24) is 24.9 Å². The molecule has 0 amide bonds. The first-order chi connectivity index (χ1) is 9.49. The van der Waals surface area contributed by atoms with Crippen molar-refractivity contribution in [3.63, 3.8) is 0 Å². The Morgan fingerprint density at radius 3 is 2.50 bits per heavy atom. The molecule has 1 N–H and O–H groups in total. The Bertz CT molecular complexity index is 550. The summed E-state index contributed by atoms with van der Waals surface area (Å²) in [5.74, 6) is 0. The molecule has 0 saturated heterocycles. The molecular weight excluding hydrogens is 250 g/mol. The molecular formula is C15H25N5. The second-order valence-corrected chi connectivity index (χ2v) is 5.78. The lowest BCUT2D eigenvalue weighted by Crippen LogP contribution is -2.17. The van der Waals surface area contributed by atoms with Crippen LogP contribution in [0.15, 0.2) is 18.5 Å². The van der Waals surface area contributed by atoms with Gasteiger partial charge in [-0.15, -0.1) is 0 Å². The van der Waals surface area contributed by atoms with Crippen LogP contribution in [0.1, 0.15) is 56.7 Å². The largest absolute Gasteiger partial charge is 0.307 e. The molecule has 0 bridgehead atoms. The molecule has 0 aliphatic heterocycles. The molecule has 0 atom stereocenters. The molecule has 110 valence electrons. The molecule has 0 radical (unpaired) electrons. The maximum Gasteiger partial charge on any atom is 0.0638 e. The number of nitrogens with one attached hydrogen (secondary N) is 1. The topological polar surface area (TPSA) is 47.7 Å². The number of rotatable bonds is 6. The smallest absolute Gasteiger partial charge is 0.0638 e. The summed E-state index contributed by atoms with van der Waals surface area (Å²) in [5.41, 5.74) is 3.58. The van der Waals surface area contributed by atoms with E-state index in [9.17, 15) is 0 Å². The highest BCUT2D eigenvalue weighted by atomic mass is 15.3. The van der Waals surface area contributed by atoms with Crippen molar-refractivity contribution in [3.05, 3.63) is 35.4 Å². The third kappa shape index (κ3) is 3.28. The molecule has 0 aliphatic rings. The Kier molecular flexibility index (Phi) is 4.60. The van der Waals surface area contributed by atoms with Crippen LogP contribution in [-0.2, 0) is 13.1 Å². The van der Waals surface area contributed by atoms with Crippen LogP contribution in [0.2, 0.25) is 0 Å². The number of hydrogen-bond donors (Lipinski definition) is 1. The van der Waals surface area contributed by atoms with Crippen molar-refractivity contribution in [2.45, 2.75) is 59.8 Å². The monoisotopic (exact) mass is 275 g/mol. The highest BCUT2D eigenvalue weighted by Gasteiger charge is 2.08. The number of nitrogens with zero attached hydrogens (tertiary/aromatic N) is 4. The van der Waals surface area contributed by atoms with Crippen LogP contribution < -0.4 is 5.32 Å².